The van der Waals surface area contributed by atoms with Crippen LogP contribution in [0.25, 0.3) is 11.1 Å². The number of rotatable bonds is 8. The van der Waals surface area contributed by atoms with Crippen LogP contribution in [0.1, 0.15) is 17.4 Å². The molecule has 1 aromatic heterocycles. The van der Waals surface area contributed by atoms with Gasteiger partial charge >= 0.3 is 7.60 Å². The van der Waals surface area contributed by atoms with E-state index in [0.717, 1.165) is 23.4 Å². The van der Waals surface area contributed by atoms with Crippen LogP contribution in [0.5, 0.6) is 5.75 Å². The minimum absolute atomic E-state index is 0.303. The lowest BCUT2D eigenvalue weighted by Gasteiger charge is -2.18. The number of nitrogens with zero attached hydrogens (tertiary/aromatic N) is 3. The van der Waals surface area contributed by atoms with Crippen LogP contribution in [0, 0.1) is 0 Å². The first kappa shape index (κ1) is 19.2. The fraction of sp³-hybridized carbons (Fsp3) is 0.235. The maximum Gasteiger partial charge on any atom is 0.341 e. The normalized spacial score (nSPS) is 14.5. The molecule has 0 fully saturated rings. The number of nitrogens with one attached hydrogen (secondary N) is 2. The number of hydroxylamine groups is 1. The second-order valence-corrected chi connectivity index (χ2v) is 7.72. The van der Waals surface area contributed by atoms with Crippen molar-refractivity contribution < 1.29 is 18.8 Å². The van der Waals surface area contributed by atoms with Crippen LogP contribution in [0.15, 0.2) is 48.5 Å². The fourth-order valence-corrected chi connectivity index (χ4v) is 2.93. The zero-order chi connectivity index (χ0) is 19.3. The number of aromatic nitrogens is 4. The van der Waals surface area contributed by atoms with Crippen LogP contribution in [0.3, 0.4) is 0 Å². The average molecular weight is 389 g/mol. The summed E-state index contributed by atoms with van der Waals surface area (Å²) in [7, 11) is -2.13. The lowest BCUT2D eigenvalue weighted by Crippen LogP contribution is -2.24. The van der Waals surface area contributed by atoms with E-state index in [1.54, 1.807) is 7.11 Å². The fourth-order valence-electron chi connectivity index (χ4n) is 2.61. The number of hydrogen-bond acceptors (Lipinski definition) is 7. The number of H-pyrrole nitrogens is 1. The first-order chi connectivity index (χ1) is 13.0. The van der Waals surface area contributed by atoms with Crippen LogP contribution < -0.4 is 10.2 Å². The van der Waals surface area contributed by atoms with Crippen LogP contribution in [0.4, 0.5) is 0 Å². The molecule has 2 aromatic carbocycles. The van der Waals surface area contributed by atoms with Gasteiger partial charge in [-0.3, -0.25) is 4.57 Å². The molecule has 9 nitrogen and oxygen atoms in total. The third kappa shape index (κ3) is 5.21. The lowest BCUT2D eigenvalue weighted by atomic mass is 9.99. The lowest BCUT2D eigenvalue weighted by molar-refractivity contribution is 0.131. The summed E-state index contributed by atoms with van der Waals surface area (Å²) in [6.45, 7) is 1.09. The predicted octanol–water partition coefficient (Wildman–Crippen LogP) is 2.50. The molecular formula is C17H20N5O4P. The highest BCUT2D eigenvalue weighted by molar-refractivity contribution is 7.51. The standard InChI is InChI=1S/C17H20N5O4P/c1-25-16-11-13(12-6-4-3-5-7-12)8-9-14(16)10-15(17-18-21-22-19-17)20-26-27(2,23)24/h3-9,11,15,20H,10H2,1-2H3,(H,23,24)(H,18,19,21,22)/t15-/m0/s1. The molecule has 1 heterocycles. The van der Waals surface area contributed by atoms with Gasteiger partial charge in [0.2, 0.25) is 0 Å². The number of methoxy groups -OCH3 is 1. The van der Waals surface area contributed by atoms with Crippen LogP contribution >= 0.6 is 7.60 Å². The Bertz CT molecular complexity index is 914. The van der Waals surface area contributed by atoms with Crippen molar-refractivity contribution in [3.05, 3.63) is 59.9 Å². The van der Waals surface area contributed by atoms with Crippen LogP contribution in [-0.2, 0) is 15.6 Å². The molecule has 0 spiro atoms. The third-order valence-electron chi connectivity index (χ3n) is 3.86. The smallest absolute Gasteiger partial charge is 0.341 e. The van der Waals surface area contributed by atoms with Gasteiger partial charge in [0.05, 0.1) is 7.11 Å². The maximum atomic E-state index is 11.4. The van der Waals surface area contributed by atoms with E-state index < -0.39 is 13.6 Å². The van der Waals surface area contributed by atoms with E-state index in [1.165, 1.54) is 0 Å². The monoisotopic (exact) mass is 389 g/mol. The molecule has 142 valence electrons. The van der Waals surface area contributed by atoms with E-state index in [9.17, 15) is 9.46 Å². The minimum Gasteiger partial charge on any atom is -0.496 e. The second-order valence-electron chi connectivity index (χ2n) is 5.93. The molecule has 3 rings (SSSR count). The third-order valence-corrected chi connectivity index (χ3v) is 4.30. The molecule has 2 atom stereocenters. The van der Waals surface area contributed by atoms with Crippen molar-refractivity contribution >= 4 is 7.60 Å². The van der Waals surface area contributed by atoms with E-state index in [0.29, 0.717) is 18.0 Å². The average Bonchev–Trinajstić information content (AvgIpc) is 3.19. The number of tetrazole rings is 1. The first-order valence-electron chi connectivity index (χ1n) is 8.16. The van der Waals surface area contributed by atoms with Crippen molar-refractivity contribution in [2.45, 2.75) is 12.5 Å². The van der Waals surface area contributed by atoms with Gasteiger partial charge in [0.1, 0.15) is 11.8 Å². The molecule has 1 unspecified atom stereocenters. The Balaban J connectivity index is 1.86. The van der Waals surface area contributed by atoms with Crippen molar-refractivity contribution in [3.63, 3.8) is 0 Å². The van der Waals surface area contributed by atoms with Gasteiger partial charge in [0.25, 0.3) is 0 Å². The van der Waals surface area contributed by atoms with E-state index in [-0.39, 0.29) is 0 Å². The maximum absolute atomic E-state index is 11.4. The Morgan fingerprint density at radius 3 is 2.63 bits per heavy atom. The summed E-state index contributed by atoms with van der Waals surface area (Å²) in [6.07, 6.45) is 0.359. The van der Waals surface area contributed by atoms with Crippen molar-refractivity contribution in [3.8, 4) is 16.9 Å². The quantitative estimate of drug-likeness (QED) is 0.397. The molecule has 0 amide bonds. The van der Waals surface area contributed by atoms with Gasteiger partial charge in [-0.1, -0.05) is 47.7 Å². The molecule has 10 heteroatoms. The molecule has 0 saturated carbocycles. The molecule has 0 radical (unpaired) electrons. The SMILES string of the molecule is COc1cc(-c2ccccc2)ccc1C[C@H](NOP(C)(=O)O)c1nn[nH]n1. The van der Waals surface area contributed by atoms with E-state index in [2.05, 4.69) is 26.1 Å². The number of aromatic amines is 1. The van der Waals surface area contributed by atoms with Gasteiger partial charge in [-0.25, -0.2) is 4.62 Å². The van der Waals surface area contributed by atoms with E-state index in [1.807, 2.05) is 48.5 Å². The Morgan fingerprint density at radius 2 is 2.00 bits per heavy atom. The molecule has 0 bridgehead atoms. The van der Waals surface area contributed by atoms with Gasteiger partial charge in [-0.2, -0.15) is 10.7 Å². The molecule has 0 aliphatic heterocycles. The van der Waals surface area contributed by atoms with Crippen LogP contribution in [-0.4, -0.2) is 39.3 Å². The summed E-state index contributed by atoms with van der Waals surface area (Å²) in [5, 5.41) is 13.8. The van der Waals surface area contributed by atoms with Crippen LogP contribution in [0.2, 0.25) is 0 Å². The van der Waals surface area contributed by atoms with Crippen molar-refractivity contribution in [2.75, 3.05) is 13.8 Å². The summed E-state index contributed by atoms with van der Waals surface area (Å²) in [5.41, 5.74) is 5.50. The first-order valence-corrected chi connectivity index (χ1v) is 10.2. The Kier molecular flexibility index (Phi) is 5.98. The number of ether oxygens (including phenoxy) is 1. The van der Waals surface area contributed by atoms with E-state index >= 15 is 0 Å². The zero-order valence-electron chi connectivity index (χ0n) is 14.9. The Hall–Kier alpha value is -2.58. The molecule has 0 aliphatic rings. The Morgan fingerprint density at radius 1 is 1.22 bits per heavy atom. The minimum atomic E-state index is -3.72. The summed E-state index contributed by atoms with van der Waals surface area (Å²) in [4.78, 5) is 9.38. The molecule has 27 heavy (non-hydrogen) atoms. The van der Waals surface area contributed by atoms with Gasteiger partial charge in [-0.15, -0.1) is 10.2 Å². The second kappa shape index (κ2) is 8.41. The molecular weight excluding hydrogens is 369 g/mol. The van der Waals surface area contributed by atoms with Crippen molar-refractivity contribution in [1.29, 1.82) is 0 Å². The summed E-state index contributed by atoms with van der Waals surface area (Å²) >= 11 is 0. The highest BCUT2D eigenvalue weighted by atomic mass is 31.2. The molecule has 0 aliphatic carbocycles. The summed E-state index contributed by atoms with van der Waals surface area (Å²) in [6, 6.07) is 15.2. The zero-order valence-corrected chi connectivity index (χ0v) is 15.8. The van der Waals surface area contributed by atoms with Gasteiger partial charge < -0.3 is 9.63 Å². The van der Waals surface area contributed by atoms with Gasteiger partial charge in [0.15, 0.2) is 5.82 Å². The van der Waals surface area contributed by atoms with Gasteiger partial charge in [-0.05, 0) is 22.8 Å². The topological polar surface area (TPSA) is 122 Å². The Labute approximate surface area is 156 Å². The van der Waals surface area contributed by atoms with E-state index in [4.69, 9.17) is 9.36 Å². The summed E-state index contributed by atoms with van der Waals surface area (Å²) < 4.78 is 21.8. The van der Waals surface area contributed by atoms with Crippen molar-refractivity contribution in [1.82, 2.24) is 26.1 Å². The van der Waals surface area contributed by atoms with Crippen molar-refractivity contribution in [2.24, 2.45) is 0 Å². The summed E-state index contributed by atoms with van der Waals surface area (Å²) in [5.74, 6) is 0.980. The molecule has 3 N–H and O–H groups in total. The highest BCUT2D eigenvalue weighted by Crippen LogP contribution is 2.36. The number of hydrogen-bond donors (Lipinski definition) is 3. The van der Waals surface area contributed by atoms with Gasteiger partial charge in [0, 0.05) is 13.1 Å². The molecule has 0 saturated heterocycles. The largest absolute Gasteiger partial charge is 0.496 e. The predicted molar refractivity (Wildman–Crippen MR) is 99.0 cm³/mol. The number of benzene rings is 2. The molecule has 3 aromatic rings. The highest BCUT2D eigenvalue weighted by Gasteiger charge is 2.22.